The van der Waals surface area contributed by atoms with Crippen molar-refractivity contribution in [2.75, 3.05) is 18.5 Å². The minimum atomic E-state index is -0.901. The summed E-state index contributed by atoms with van der Waals surface area (Å²) in [5.74, 6) is 0.321. The van der Waals surface area contributed by atoms with Crippen LogP contribution in [-0.2, 0) is 4.79 Å². The molecule has 1 aromatic carbocycles. The van der Waals surface area contributed by atoms with E-state index in [4.69, 9.17) is 4.74 Å². The van der Waals surface area contributed by atoms with Crippen molar-refractivity contribution in [3.8, 4) is 11.8 Å². The van der Waals surface area contributed by atoms with Gasteiger partial charge in [-0.3, -0.25) is 4.79 Å². The topological polar surface area (TPSA) is 94.4 Å². The average Bonchev–Trinajstić information content (AvgIpc) is 2.53. The van der Waals surface area contributed by atoms with Crippen LogP contribution in [0.5, 0.6) is 5.75 Å². The Kier molecular flexibility index (Phi) is 5.12. The second kappa shape index (κ2) is 6.88. The molecule has 6 heteroatoms. The van der Waals surface area contributed by atoms with E-state index < -0.39 is 11.6 Å². The Morgan fingerprint density at radius 2 is 2.30 bits per heavy atom. The Morgan fingerprint density at radius 3 is 2.96 bits per heavy atom. The van der Waals surface area contributed by atoms with Crippen LogP contribution in [0.15, 0.2) is 18.2 Å². The molecule has 124 valence electrons. The Balaban J connectivity index is 2.03. The molecule has 0 saturated heterocycles. The predicted octanol–water partition coefficient (Wildman–Crippen LogP) is 1.97. The predicted molar refractivity (Wildman–Crippen MR) is 87.0 cm³/mol. The smallest absolute Gasteiger partial charge is 0.240 e. The van der Waals surface area contributed by atoms with E-state index in [1.807, 2.05) is 26.0 Å². The Hall–Kier alpha value is -2.26. The third-order valence-corrected chi connectivity index (χ3v) is 4.27. The van der Waals surface area contributed by atoms with E-state index in [2.05, 4.69) is 16.7 Å². The summed E-state index contributed by atoms with van der Waals surface area (Å²) in [7, 11) is 0. The molecule has 0 aromatic heterocycles. The number of nitrogens with zero attached hydrogens (tertiary/aromatic N) is 1. The minimum Gasteiger partial charge on any atom is -0.491 e. The van der Waals surface area contributed by atoms with Crippen LogP contribution in [0.25, 0.3) is 0 Å². The number of nitrogens with one attached hydrogen (secondary N) is 2. The summed E-state index contributed by atoms with van der Waals surface area (Å²) in [5.41, 5.74) is 0.493. The maximum Gasteiger partial charge on any atom is 0.240 e. The molecule has 6 nitrogen and oxygen atoms in total. The number of anilines is 1. The van der Waals surface area contributed by atoms with E-state index in [1.165, 1.54) is 0 Å². The number of rotatable bonds is 5. The number of benzene rings is 1. The Morgan fingerprint density at radius 1 is 1.57 bits per heavy atom. The highest BCUT2D eigenvalue weighted by Crippen LogP contribution is 2.37. The van der Waals surface area contributed by atoms with Gasteiger partial charge in [0.1, 0.15) is 11.3 Å². The molecule has 2 rings (SSSR count). The summed E-state index contributed by atoms with van der Waals surface area (Å²) in [5, 5.41) is 25.0. The van der Waals surface area contributed by atoms with Crippen LogP contribution in [0.3, 0.4) is 0 Å². The SMILES string of the molecule is CC(C)[C@@](C)(C#N)NC(=O)CNc1cccc2c1OCC[C@@H]2O. The molecule has 1 aliphatic heterocycles. The van der Waals surface area contributed by atoms with Gasteiger partial charge < -0.3 is 20.5 Å². The lowest BCUT2D eigenvalue weighted by Crippen LogP contribution is -2.50. The molecule has 1 aromatic rings. The highest BCUT2D eigenvalue weighted by atomic mass is 16.5. The normalized spacial score (nSPS) is 19.0. The van der Waals surface area contributed by atoms with Crippen LogP contribution in [-0.4, -0.2) is 29.7 Å². The van der Waals surface area contributed by atoms with Gasteiger partial charge in [-0.05, 0) is 18.9 Å². The number of amides is 1. The molecular weight excluding hydrogens is 294 g/mol. The molecule has 23 heavy (non-hydrogen) atoms. The van der Waals surface area contributed by atoms with Crippen molar-refractivity contribution in [3.63, 3.8) is 0 Å². The van der Waals surface area contributed by atoms with Gasteiger partial charge in [-0.1, -0.05) is 26.0 Å². The summed E-state index contributed by atoms with van der Waals surface area (Å²) in [6, 6.07) is 7.57. The molecule has 0 bridgehead atoms. The first kappa shape index (κ1) is 17.1. The van der Waals surface area contributed by atoms with Gasteiger partial charge in [-0.15, -0.1) is 0 Å². The van der Waals surface area contributed by atoms with E-state index in [1.54, 1.807) is 13.0 Å². The second-order valence-electron chi connectivity index (χ2n) is 6.25. The first-order chi connectivity index (χ1) is 10.9. The van der Waals surface area contributed by atoms with Crippen LogP contribution < -0.4 is 15.4 Å². The number of hydrogen-bond acceptors (Lipinski definition) is 5. The van der Waals surface area contributed by atoms with Crippen LogP contribution in [0.1, 0.15) is 38.9 Å². The van der Waals surface area contributed by atoms with Gasteiger partial charge in [-0.2, -0.15) is 5.26 Å². The third-order valence-electron chi connectivity index (χ3n) is 4.27. The molecule has 0 radical (unpaired) electrons. The van der Waals surface area contributed by atoms with Gasteiger partial charge in [-0.25, -0.2) is 0 Å². The summed E-state index contributed by atoms with van der Waals surface area (Å²) >= 11 is 0. The highest BCUT2D eigenvalue weighted by Gasteiger charge is 2.30. The van der Waals surface area contributed by atoms with Crippen LogP contribution in [0.4, 0.5) is 5.69 Å². The molecule has 0 spiro atoms. The number of ether oxygens (including phenoxy) is 1. The van der Waals surface area contributed by atoms with Crippen molar-refractivity contribution < 1.29 is 14.6 Å². The standard InChI is InChI=1S/C17H23N3O3/c1-11(2)17(3,10-18)20-15(22)9-19-13-6-4-5-12-14(21)7-8-23-16(12)13/h4-6,11,14,19,21H,7-9H2,1-3H3,(H,20,22)/t14-,17+/m0/s1. The molecule has 0 saturated carbocycles. The maximum absolute atomic E-state index is 12.1. The van der Waals surface area contributed by atoms with Crippen molar-refractivity contribution in [3.05, 3.63) is 23.8 Å². The number of fused-ring (bicyclic) bond motifs is 1. The van der Waals surface area contributed by atoms with Gasteiger partial charge >= 0.3 is 0 Å². The quantitative estimate of drug-likeness (QED) is 0.772. The Labute approximate surface area is 136 Å². The van der Waals surface area contributed by atoms with Crippen LogP contribution >= 0.6 is 0 Å². The number of carbonyl (C=O) groups excluding carboxylic acids is 1. The van der Waals surface area contributed by atoms with Gasteiger partial charge in [0.25, 0.3) is 0 Å². The van der Waals surface area contributed by atoms with Gasteiger partial charge in [0.2, 0.25) is 5.91 Å². The number of nitriles is 1. The number of carbonyl (C=O) groups is 1. The fourth-order valence-corrected chi connectivity index (χ4v) is 2.36. The first-order valence-corrected chi connectivity index (χ1v) is 7.77. The fraction of sp³-hybridized carbons (Fsp3) is 0.529. The molecule has 3 N–H and O–H groups in total. The highest BCUT2D eigenvalue weighted by molar-refractivity contribution is 5.82. The van der Waals surface area contributed by atoms with Gasteiger partial charge in [0, 0.05) is 12.0 Å². The lowest BCUT2D eigenvalue weighted by Gasteiger charge is -2.28. The molecule has 1 heterocycles. The van der Waals surface area contributed by atoms with E-state index >= 15 is 0 Å². The zero-order chi connectivity index (χ0) is 17.0. The lowest BCUT2D eigenvalue weighted by atomic mass is 9.90. The van der Waals surface area contributed by atoms with Gasteiger partial charge in [0.05, 0.1) is 31.0 Å². The molecule has 0 unspecified atom stereocenters. The van der Waals surface area contributed by atoms with Crippen molar-refractivity contribution in [1.82, 2.24) is 5.32 Å². The van der Waals surface area contributed by atoms with Crippen molar-refractivity contribution in [2.45, 2.75) is 38.8 Å². The number of para-hydroxylation sites is 1. The van der Waals surface area contributed by atoms with Crippen molar-refractivity contribution in [1.29, 1.82) is 5.26 Å². The molecule has 1 amide bonds. The summed E-state index contributed by atoms with van der Waals surface area (Å²) in [6.07, 6.45) is 0.0171. The first-order valence-electron chi connectivity index (χ1n) is 7.77. The zero-order valence-electron chi connectivity index (χ0n) is 13.7. The summed E-state index contributed by atoms with van der Waals surface area (Å²) in [6.45, 7) is 5.96. The van der Waals surface area contributed by atoms with Gasteiger partial charge in [0.15, 0.2) is 0 Å². The zero-order valence-corrected chi connectivity index (χ0v) is 13.7. The van der Waals surface area contributed by atoms with Crippen molar-refractivity contribution in [2.24, 2.45) is 5.92 Å². The van der Waals surface area contributed by atoms with Crippen LogP contribution in [0, 0.1) is 17.2 Å². The second-order valence-corrected chi connectivity index (χ2v) is 6.25. The summed E-state index contributed by atoms with van der Waals surface area (Å²) in [4.78, 5) is 12.1. The maximum atomic E-state index is 12.1. The Bertz CT molecular complexity index is 624. The van der Waals surface area contributed by atoms with Crippen molar-refractivity contribution >= 4 is 11.6 Å². The largest absolute Gasteiger partial charge is 0.491 e. The molecular formula is C17H23N3O3. The fourth-order valence-electron chi connectivity index (χ4n) is 2.36. The molecule has 0 fully saturated rings. The van der Waals surface area contributed by atoms with Crippen LogP contribution in [0.2, 0.25) is 0 Å². The number of hydrogen-bond donors (Lipinski definition) is 3. The van der Waals surface area contributed by atoms with E-state index in [-0.39, 0.29) is 18.4 Å². The molecule has 1 aliphatic rings. The summed E-state index contributed by atoms with van der Waals surface area (Å²) < 4.78 is 5.61. The third kappa shape index (κ3) is 3.74. The van der Waals surface area contributed by atoms with E-state index in [0.29, 0.717) is 24.5 Å². The number of aliphatic hydroxyl groups excluding tert-OH is 1. The van der Waals surface area contributed by atoms with E-state index in [9.17, 15) is 15.2 Å². The van der Waals surface area contributed by atoms with E-state index in [0.717, 1.165) is 5.56 Å². The lowest BCUT2D eigenvalue weighted by molar-refractivity contribution is -0.121. The average molecular weight is 317 g/mol. The molecule has 0 aliphatic carbocycles. The number of aliphatic hydroxyl groups is 1. The molecule has 2 atom stereocenters. The minimum absolute atomic E-state index is 0.000541. The monoisotopic (exact) mass is 317 g/mol.